The minimum absolute atomic E-state index is 0.222. The number of furan rings is 1. The smallest absolute Gasteiger partial charge is 0.338 e. The van der Waals surface area contributed by atoms with Crippen molar-refractivity contribution in [2.24, 2.45) is 4.99 Å². The van der Waals surface area contributed by atoms with Crippen LogP contribution in [0.1, 0.15) is 31.2 Å². The second-order valence-electron chi connectivity index (χ2n) is 8.35. The quantitative estimate of drug-likeness (QED) is 0.471. The fraction of sp³-hybridized carbons (Fsp3) is 0.346. The van der Waals surface area contributed by atoms with Crippen LogP contribution in [0.4, 0.5) is 5.88 Å². The molecular formula is C26H27N3O6S. The number of fused-ring (bicyclic) bond motifs is 1. The van der Waals surface area contributed by atoms with Crippen molar-refractivity contribution >= 4 is 29.3 Å². The molecule has 0 amide bonds. The van der Waals surface area contributed by atoms with Gasteiger partial charge < -0.3 is 23.5 Å². The van der Waals surface area contributed by atoms with Gasteiger partial charge in [-0.05, 0) is 37.6 Å². The second-order valence-corrected chi connectivity index (χ2v) is 9.36. The predicted octanol–water partition coefficient (Wildman–Crippen LogP) is 2.24. The molecule has 36 heavy (non-hydrogen) atoms. The highest BCUT2D eigenvalue weighted by atomic mass is 32.1. The van der Waals surface area contributed by atoms with Crippen LogP contribution in [-0.4, -0.2) is 50.6 Å². The van der Waals surface area contributed by atoms with Gasteiger partial charge in [-0.3, -0.25) is 9.36 Å². The maximum absolute atomic E-state index is 13.7. The first-order chi connectivity index (χ1) is 17.5. The lowest BCUT2D eigenvalue weighted by Gasteiger charge is -2.26. The fourth-order valence-electron chi connectivity index (χ4n) is 4.40. The van der Waals surface area contributed by atoms with Crippen LogP contribution in [0.2, 0.25) is 0 Å². The van der Waals surface area contributed by atoms with Gasteiger partial charge in [0.2, 0.25) is 0 Å². The Hall–Kier alpha value is -3.63. The number of rotatable bonds is 6. The van der Waals surface area contributed by atoms with Crippen molar-refractivity contribution in [1.82, 2.24) is 4.57 Å². The van der Waals surface area contributed by atoms with Crippen LogP contribution < -0.4 is 24.5 Å². The third-order valence-electron chi connectivity index (χ3n) is 6.16. The summed E-state index contributed by atoms with van der Waals surface area (Å²) >= 11 is 1.26. The van der Waals surface area contributed by atoms with Crippen LogP contribution in [0, 0.1) is 0 Å². The van der Waals surface area contributed by atoms with E-state index in [1.165, 1.54) is 11.3 Å². The van der Waals surface area contributed by atoms with Crippen LogP contribution in [0.5, 0.6) is 5.75 Å². The van der Waals surface area contributed by atoms with E-state index in [1.807, 2.05) is 24.3 Å². The van der Waals surface area contributed by atoms with E-state index in [0.29, 0.717) is 45.3 Å². The minimum atomic E-state index is -0.672. The molecule has 0 N–H and O–H groups in total. The number of methoxy groups -OCH3 is 1. The maximum Gasteiger partial charge on any atom is 0.338 e. The summed E-state index contributed by atoms with van der Waals surface area (Å²) in [7, 11) is 1.59. The van der Waals surface area contributed by atoms with E-state index < -0.39 is 12.0 Å². The number of hydrogen-bond acceptors (Lipinski definition) is 9. The summed E-state index contributed by atoms with van der Waals surface area (Å²) < 4.78 is 24.1. The molecule has 0 saturated carbocycles. The van der Waals surface area contributed by atoms with Crippen molar-refractivity contribution in [3.8, 4) is 5.75 Å². The van der Waals surface area contributed by atoms with Crippen LogP contribution >= 0.6 is 11.3 Å². The van der Waals surface area contributed by atoms with E-state index in [9.17, 15) is 9.59 Å². The monoisotopic (exact) mass is 509 g/mol. The molecule has 1 aromatic carbocycles. The largest absolute Gasteiger partial charge is 0.497 e. The average molecular weight is 510 g/mol. The molecule has 0 aliphatic carbocycles. The second kappa shape index (κ2) is 10.2. The molecule has 2 aliphatic rings. The summed E-state index contributed by atoms with van der Waals surface area (Å²) in [4.78, 5) is 33.9. The zero-order valence-corrected chi connectivity index (χ0v) is 21.2. The molecular weight excluding hydrogens is 482 g/mol. The van der Waals surface area contributed by atoms with Gasteiger partial charge in [-0.25, -0.2) is 9.79 Å². The van der Waals surface area contributed by atoms with E-state index in [1.54, 1.807) is 43.7 Å². The Morgan fingerprint density at radius 1 is 1.19 bits per heavy atom. The number of carbonyl (C=O) groups is 1. The van der Waals surface area contributed by atoms with Gasteiger partial charge >= 0.3 is 5.97 Å². The van der Waals surface area contributed by atoms with Gasteiger partial charge in [-0.15, -0.1) is 0 Å². The number of esters is 1. The van der Waals surface area contributed by atoms with Gasteiger partial charge in [0, 0.05) is 25.2 Å². The standard InChI is InChI=1S/C26H27N3O6S/c1-4-34-25(31)22-16(2)27-26-29(23(22)17-5-7-18(32-3)8-6-17)24(30)20(36-26)15-19-9-10-21(35-19)28-11-13-33-14-12-28/h5-10,15,23H,4,11-14H2,1-3H3/b20-15+/t23-/m1/s1. The Balaban J connectivity index is 1.60. The highest BCUT2D eigenvalue weighted by molar-refractivity contribution is 7.07. The van der Waals surface area contributed by atoms with Gasteiger partial charge in [0.25, 0.3) is 5.56 Å². The predicted molar refractivity (Wildman–Crippen MR) is 135 cm³/mol. The van der Waals surface area contributed by atoms with Crippen molar-refractivity contribution in [2.45, 2.75) is 19.9 Å². The van der Waals surface area contributed by atoms with Gasteiger partial charge in [-0.2, -0.15) is 0 Å². The Labute approximate surface area is 211 Å². The maximum atomic E-state index is 13.7. The highest BCUT2D eigenvalue weighted by Gasteiger charge is 2.33. The van der Waals surface area contributed by atoms with Gasteiger partial charge in [0.15, 0.2) is 10.7 Å². The SMILES string of the molecule is CCOC(=O)C1=C(C)N=c2s/c(=C/c3ccc(N4CCOCC4)o3)c(=O)n2[C@@H]1c1ccc(OC)cc1. The normalized spacial score (nSPS) is 18.1. The van der Waals surface area contributed by atoms with Crippen LogP contribution in [-0.2, 0) is 14.3 Å². The molecule has 1 atom stereocenters. The Bertz CT molecular complexity index is 1470. The lowest BCUT2D eigenvalue weighted by atomic mass is 9.96. The number of nitrogens with zero attached hydrogens (tertiary/aromatic N) is 3. The average Bonchev–Trinajstić information content (AvgIpc) is 3.48. The molecule has 10 heteroatoms. The summed E-state index contributed by atoms with van der Waals surface area (Å²) in [5, 5.41) is 0. The zero-order valence-electron chi connectivity index (χ0n) is 20.4. The first-order valence-electron chi connectivity index (χ1n) is 11.8. The summed E-state index contributed by atoms with van der Waals surface area (Å²) in [5.74, 6) is 1.51. The topological polar surface area (TPSA) is 95.5 Å². The first-order valence-corrected chi connectivity index (χ1v) is 12.6. The van der Waals surface area contributed by atoms with Crippen molar-refractivity contribution in [2.75, 3.05) is 44.9 Å². The number of thiazole rings is 1. The van der Waals surface area contributed by atoms with E-state index in [0.717, 1.165) is 24.5 Å². The Kier molecular flexibility index (Phi) is 6.80. The molecule has 9 nitrogen and oxygen atoms in total. The molecule has 1 saturated heterocycles. The highest BCUT2D eigenvalue weighted by Crippen LogP contribution is 2.31. The van der Waals surface area contributed by atoms with Crippen LogP contribution in [0.15, 0.2) is 61.9 Å². The number of aromatic nitrogens is 1. The third-order valence-corrected chi connectivity index (χ3v) is 7.14. The lowest BCUT2D eigenvalue weighted by Crippen LogP contribution is -2.39. The Morgan fingerprint density at radius 3 is 2.64 bits per heavy atom. The summed E-state index contributed by atoms with van der Waals surface area (Å²) in [6.07, 6.45) is 1.72. The number of anilines is 1. The number of carbonyl (C=O) groups excluding carboxylic acids is 1. The van der Waals surface area contributed by atoms with E-state index in [2.05, 4.69) is 9.89 Å². The summed E-state index contributed by atoms with van der Waals surface area (Å²) in [5.41, 5.74) is 1.37. The van der Waals surface area contributed by atoms with Gasteiger partial charge in [-0.1, -0.05) is 23.5 Å². The molecule has 188 valence electrons. The Morgan fingerprint density at radius 2 is 1.94 bits per heavy atom. The molecule has 2 aromatic heterocycles. The number of benzene rings is 1. The molecule has 0 unspecified atom stereocenters. The fourth-order valence-corrected chi connectivity index (χ4v) is 5.42. The van der Waals surface area contributed by atoms with E-state index in [4.69, 9.17) is 18.6 Å². The number of allylic oxidation sites excluding steroid dienone is 1. The molecule has 5 rings (SSSR count). The van der Waals surface area contributed by atoms with Crippen LogP contribution in [0.3, 0.4) is 0 Å². The zero-order chi connectivity index (χ0) is 25.2. The third kappa shape index (κ3) is 4.49. The molecule has 0 bridgehead atoms. The molecule has 3 aromatic rings. The van der Waals surface area contributed by atoms with Gasteiger partial charge in [0.05, 0.1) is 48.8 Å². The molecule has 0 radical (unpaired) electrons. The number of ether oxygens (including phenoxy) is 3. The minimum Gasteiger partial charge on any atom is -0.497 e. The van der Waals surface area contributed by atoms with Crippen molar-refractivity contribution in [3.05, 3.63) is 78.7 Å². The number of morpholine rings is 1. The van der Waals surface area contributed by atoms with Crippen molar-refractivity contribution in [3.63, 3.8) is 0 Å². The first kappa shape index (κ1) is 24.1. The molecule has 2 aliphatic heterocycles. The van der Waals surface area contributed by atoms with Gasteiger partial charge in [0.1, 0.15) is 11.5 Å². The molecule has 0 spiro atoms. The molecule has 1 fully saturated rings. The van der Waals surface area contributed by atoms with Crippen molar-refractivity contribution < 1.29 is 23.4 Å². The van der Waals surface area contributed by atoms with Crippen molar-refractivity contribution in [1.29, 1.82) is 0 Å². The summed E-state index contributed by atoms with van der Waals surface area (Å²) in [6.45, 7) is 6.56. The van der Waals surface area contributed by atoms with Crippen LogP contribution in [0.25, 0.3) is 6.08 Å². The lowest BCUT2D eigenvalue weighted by molar-refractivity contribution is -0.139. The molecule has 4 heterocycles. The van der Waals surface area contributed by atoms with E-state index in [-0.39, 0.29) is 12.2 Å². The summed E-state index contributed by atoms with van der Waals surface area (Å²) in [6, 6.07) is 10.4. The number of hydrogen-bond donors (Lipinski definition) is 0. The van der Waals surface area contributed by atoms with E-state index >= 15 is 0 Å².